The van der Waals surface area contributed by atoms with Crippen molar-refractivity contribution in [3.05, 3.63) is 50.5 Å². The van der Waals surface area contributed by atoms with Gasteiger partial charge in [-0.2, -0.15) is 0 Å². The molecule has 0 aliphatic rings. The van der Waals surface area contributed by atoms with Crippen LogP contribution >= 0.6 is 15.9 Å². The van der Waals surface area contributed by atoms with Crippen molar-refractivity contribution < 1.29 is 9.21 Å². The van der Waals surface area contributed by atoms with Crippen LogP contribution in [-0.2, 0) is 6.54 Å². The summed E-state index contributed by atoms with van der Waals surface area (Å²) in [5.41, 5.74) is 1.76. The van der Waals surface area contributed by atoms with E-state index >= 15 is 0 Å². The number of aryl methyl sites for hydroxylation is 1. The number of nitrogens with two attached hydrogens (primary N) is 1. The molecule has 0 spiro atoms. The summed E-state index contributed by atoms with van der Waals surface area (Å²) in [4.78, 5) is 27.2. The van der Waals surface area contributed by atoms with Gasteiger partial charge in [-0.15, -0.1) is 0 Å². The average Bonchev–Trinajstić information content (AvgIpc) is 2.87. The van der Waals surface area contributed by atoms with Gasteiger partial charge in [0.25, 0.3) is 5.56 Å². The van der Waals surface area contributed by atoms with Gasteiger partial charge in [0.2, 0.25) is 0 Å². The molecule has 0 aromatic carbocycles. The standard InChI is InChI=1S/C11H11BrN4O3/c1-6-14-4-8(12)11(18)16(6)5-7-2-3-9(19-7)10(17)15-13/h2-4H,5,13H2,1H3,(H,15,17). The van der Waals surface area contributed by atoms with E-state index in [0.29, 0.717) is 16.1 Å². The number of halogens is 1. The van der Waals surface area contributed by atoms with E-state index in [2.05, 4.69) is 20.9 Å². The van der Waals surface area contributed by atoms with Crippen molar-refractivity contribution in [1.82, 2.24) is 15.0 Å². The number of hydrogen-bond donors (Lipinski definition) is 2. The molecule has 100 valence electrons. The van der Waals surface area contributed by atoms with Gasteiger partial charge in [0.1, 0.15) is 16.1 Å². The number of hydrogen-bond acceptors (Lipinski definition) is 5. The largest absolute Gasteiger partial charge is 0.454 e. The molecule has 1 amide bonds. The lowest BCUT2D eigenvalue weighted by molar-refractivity contribution is 0.0924. The zero-order valence-corrected chi connectivity index (χ0v) is 11.6. The van der Waals surface area contributed by atoms with Gasteiger partial charge in [0.15, 0.2) is 5.76 Å². The first-order chi connectivity index (χ1) is 9.02. The van der Waals surface area contributed by atoms with E-state index in [0.717, 1.165) is 0 Å². The summed E-state index contributed by atoms with van der Waals surface area (Å²) in [6.45, 7) is 1.90. The predicted octanol–water partition coefficient (Wildman–Crippen LogP) is 0.559. The molecule has 2 aromatic heterocycles. The van der Waals surface area contributed by atoms with E-state index in [1.165, 1.54) is 16.8 Å². The van der Waals surface area contributed by atoms with Crippen LogP contribution in [0, 0.1) is 6.92 Å². The molecule has 0 saturated heterocycles. The molecular formula is C11H11BrN4O3. The summed E-state index contributed by atoms with van der Waals surface area (Å²) in [6.07, 6.45) is 1.45. The first-order valence-corrected chi connectivity index (χ1v) is 6.14. The first-order valence-electron chi connectivity index (χ1n) is 5.34. The van der Waals surface area contributed by atoms with Crippen molar-refractivity contribution in [3.8, 4) is 0 Å². The van der Waals surface area contributed by atoms with Gasteiger partial charge >= 0.3 is 5.91 Å². The van der Waals surface area contributed by atoms with E-state index < -0.39 is 5.91 Å². The Labute approximate surface area is 116 Å². The molecular weight excluding hydrogens is 316 g/mol. The van der Waals surface area contributed by atoms with E-state index in [-0.39, 0.29) is 17.9 Å². The van der Waals surface area contributed by atoms with Crippen LogP contribution in [0.1, 0.15) is 22.1 Å². The summed E-state index contributed by atoms with van der Waals surface area (Å²) in [6, 6.07) is 3.10. The summed E-state index contributed by atoms with van der Waals surface area (Å²) in [5, 5.41) is 0. The number of furan rings is 1. The summed E-state index contributed by atoms with van der Waals surface area (Å²) >= 11 is 3.13. The van der Waals surface area contributed by atoms with E-state index in [9.17, 15) is 9.59 Å². The molecule has 0 radical (unpaired) electrons. The van der Waals surface area contributed by atoms with Crippen LogP contribution in [0.25, 0.3) is 0 Å². The maximum Gasteiger partial charge on any atom is 0.300 e. The predicted molar refractivity (Wildman–Crippen MR) is 70.4 cm³/mol. The van der Waals surface area contributed by atoms with E-state index in [1.807, 2.05) is 5.43 Å². The quantitative estimate of drug-likeness (QED) is 0.487. The molecule has 19 heavy (non-hydrogen) atoms. The highest BCUT2D eigenvalue weighted by molar-refractivity contribution is 9.10. The van der Waals surface area contributed by atoms with Crippen LogP contribution in [0.5, 0.6) is 0 Å². The number of rotatable bonds is 3. The third kappa shape index (κ3) is 2.74. The van der Waals surface area contributed by atoms with Crippen molar-refractivity contribution in [2.45, 2.75) is 13.5 Å². The fourth-order valence-corrected chi connectivity index (χ4v) is 1.87. The molecule has 0 bridgehead atoms. The summed E-state index contributed by atoms with van der Waals surface area (Å²) in [5.74, 6) is 5.58. The molecule has 2 heterocycles. The fourth-order valence-electron chi connectivity index (χ4n) is 1.55. The highest BCUT2D eigenvalue weighted by Gasteiger charge is 2.12. The smallest absolute Gasteiger partial charge is 0.300 e. The average molecular weight is 327 g/mol. The summed E-state index contributed by atoms with van der Waals surface area (Å²) < 4.78 is 7.10. The lowest BCUT2D eigenvalue weighted by atomic mass is 10.4. The Hall–Kier alpha value is -1.93. The monoisotopic (exact) mass is 326 g/mol. The van der Waals surface area contributed by atoms with Gasteiger partial charge in [-0.1, -0.05) is 0 Å². The molecule has 2 aromatic rings. The normalized spacial score (nSPS) is 10.5. The molecule has 2 rings (SSSR count). The van der Waals surface area contributed by atoms with Crippen LogP contribution in [-0.4, -0.2) is 15.5 Å². The molecule has 3 N–H and O–H groups in total. The molecule has 0 atom stereocenters. The number of carbonyl (C=O) groups is 1. The Balaban J connectivity index is 2.32. The molecule has 8 heteroatoms. The Bertz CT molecular complexity index is 677. The number of aromatic nitrogens is 2. The maximum absolute atomic E-state index is 11.9. The van der Waals surface area contributed by atoms with Crippen LogP contribution < -0.4 is 16.8 Å². The minimum Gasteiger partial charge on any atom is -0.454 e. The Morgan fingerprint density at radius 1 is 1.58 bits per heavy atom. The second-order valence-corrected chi connectivity index (χ2v) is 4.64. The Morgan fingerprint density at radius 3 is 3.00 bits per heavy atom. The number of amides is 1. The van der Waals surface area contributed by atoms with Gasteiger partial charge in [-0.3, -0.25) is 19.6 Å². The highest BCUT2D eigenvalue weighted by atomic mass is 79.9. The number of nitrogen functional groups attached to an aromatic ring is 1. The van der Waals surface area contributed by atoms with E-state index in [1.54, 1.807) is 13.0 Å². The van der Waals surface area contributed by atoms with Crippen molar-refractivity contribution in [2.75, 3.05) is 0 Å². The third-order valence-corrected chi connectivity index (χ3v) is 3.08. The molecule has 0 aliphatic carbocycles. The highest BCUT2D eigenvalue weighted by Crippen LogP contribution is 2.10. The minimum atomic E-state index is -0.525. The molecule has 0 unspecified atom stereocenters. The number of carbonyl (C=O) groups excluding carboxylic acids is 1. The topological polar surface area (TPSA) is 103 Å². The van der Waals surface area contributed by atoms with Crippen LogP contribution in [0.4, 0.5) is 0 Å². The van der Waals surface area contributed by atoms with Gasteiger partial charge in [0.05, 0.1) is 6.54 Å². The van der Waals surface area contributed by atoms with Gasteiger partial charge < -0.3 is 4.42 Å². The van der Waals surface area contributed by atoms with Crippen LogP contribution in [0.15, 0.2) is 32.0 Å². The second-order valence-electron chi connectivity index (χ2n) is 3.78. The number of hydrazine groups is 1. The Morgan fingerprint density at radius 2 is 2.32 bits per heavy atom. The van der Waals surface area contributed by atoms with Crippen molar-refractivity contribution in [3.63, 3.8) is 0 Å². The first kappa shape index (κ1) is 13.5. The molecule has 0 saturated carbocycles. The van der Waals surface area contributed by atoms with Gasteiger partial charge in [-0.25, -0.2) is 10.8 Å². The van der Waals surface area contributed by atoms with Gasteiger partial charge in [-0.05, 0) is 35.0 Å². The third-order valence-electron chi connectivity index (χ3n) is 2.54. The molecule has 0 fully saturated rings. The van der Waals surface area contributed by atoms with Crippen molar-refractivity contribution in [1.29, 1.82) is 0 Å². The lowest BCUT2D eigenvalue weighted by Crippen LogP contribution is -2.29. The van der Waals surface area contributed by atoms with E-state index in [4.69, 9.17) is 10.3 Å². The van der Waals surface area contributed by atoms with Crippen molar-refractivity contribution >= 4 is 21.8 Å². The summed E-state index contributed by atoms with van der Waals surface area (Å²) in [7, 11) is 0. The fraction of sp³-hybridized carbons (Fsp3) is 0.182. The van der Waals surface area contributed by atoms with Crippen molar-refractivity contribution in [2.24, 2.45) is 5.84 Å². The molecule has 7 nitrogen and oxygen atoms in total. The minimum absolute atomic E-state index is 0.0890. The van der Waals surface area contributed by atoms with Crippen LogP contribution in [0.3, 0.4) is 0 Å². The Kier molecular flexibility index (Phi) is 3.82. The lowest BCUT2D eigenvalue weighted by Gasteiger charge is -2.07. The zero-order chi connectivity index (χ0) is 14.0. The molecule has 0 aliphatic heterocycles. The SMILES string of the molecule is Cc1ncc(Br)c(=O)n1Cc1ccc(C(=O)NN)o1. The number of nitrogens with one attached hydrogen (secondary N) is 1. The van der Waals surface area contributed by atoms with Crippen LogP contribution in [0.2, 0.25) is 0 Å². The van der Waals surface area contributed by atoms with Gasteiger partial charge in [0, 0.05) is 6.20 Å². The zero-order valence-electron chi connectivity index (χ0n) is 10.0. The second kappa shape index (κ2) is 5.37. The maximum atomic E-state index is 11.9. The number of nitrogens with zero attached hydrogens (tertiary/aromatic N) is 2.